The highest BCUT2D eigenvalue weighted by Crippen LogP contribution is 2.35. The summed E-state index contributed by atoms with van der Waals surface area (Å²) in [6.45, 7) is 5.36. The number of aryl methyl sites for hydroxylation is 1. The summed E-state index contributed by atoms with van der Waals surface area (Å²) in [5.41, 5.74) is 1.22. The lowest BCUT2D eigenvalue weighted by Gasteiger charge is -2.10. The summed E-state index contributed by atoms with van der Waals surface area (Å²) in [5, 5.41) is 3.41. The molecule has 0 radical (unpaired) electrons. The van der Waals surface area contributed by atoms with Gasteiger partial charge in [-0.3, -0.25) is 0 Å². The van der Waals surface area contributed by atoms with Crippen LogP contribution < -0.4 is 14.8 Å². The quantitative estimate of drug-likeness (QED) is 0.794. The second-order valence-electron chi connectivity index (χ2n) is 5.12. The first-order chi connectivity index (χ1) is 10.4. The number of nitrogens with one attached hydrogen (secondary N) is 1. The van der Waals surface area contributed by atoms with Gasteiger partial charge in [0.15, 0.2) is 0 Å². The molecular weight excluding hydrogens is 266 g/mol. The molecule has 2 aromatic rings. The Morgan fingerprint density at radius 3 is 3.24 bits per heavy atom. The van der Waals surface area contributed by atoms with Gasteiger partial charge in [0.25, 0.3) is 0 Å². The number of rotatable bonds is 7. The van der Waals surface area contributed by atoms with Crippen molar-refractivity contribution in [2.24, 2.45) is 0 Å². The summed E-state index contributed by atoms with van der Waals surface area (Å²) in [5.74, 6) is 1.81. The van der Waals surface area contributed by atoms with Crippen molar-refractivity contribution in [3.8, 4) is 11.5 Å². The highest BCUT2D eigenvalue weighted by Gasteiger charge is 2.23. The number of ether oxygens (including phenoxy) is 2. The van der Waals surface area contributed by atoms with Crippen LogP contribution in [0, 0.1) is 0 Å². The minimum absolute atomic E-state index is 0.306. The van der Waals surface area contributed by atoms with Crippen LogP contribution >= 0.6 is 0 Å². The molecule has 5 heteroatoms. The minimum atomic E-state index is 0.306. The molecule has 0 saturated carbocycles. The molecule has 1 N–H and O–H groups in total. The van der Waals surface area contributed by atoms with E-state index in [0.717, 1.165) is 31.0 Å². The zero-order chi connectivity index (χ0) is 14.5. The molecule has 1 aliphatic rings. The lowest BCUT2D eigenvalue weighted by Crippen LogP contribution is -2.21. The van der Waals surface area contributed by atoms with Crippen LogP contribution in [0.25, 0.3) is 0 Å². The molecule has 1 unspecified atom stereocenters. The average Bonchev–Trinajstić information content (AvgIpc) is 3.14. The molecule has 112 valence electrons. The molecule has 0 aliphatic carbocycles. The molecule has 2 heterocycles. The van der Waals surface area contributed by atoms with Crippen molar-refractivity contribution in [2.75, 3.05) is 19.8 Å². The van der Waals surface area contributed by atoms with Crippen molar-refractivity contribution >= 4 is 0 Å². The van der Waals surface area contributed by atoms with Gasteiger partial charge in [-0.15, -0.1) is 0 Å². The molecule has 3 rings (SSSR count). The van der Waals surface area contributed by atoms with Gasteiger partial charge in [-0.2, -0.15) is 0 Å². The van der Waals surface area contributed by atoms with Crippen molar-refractivity contribution in [3.05, 3.63) is 42.5 Å². The molecule has 1 aliphatic heterocycles. The SMILES string of the molecule is CCNC1COc2cc(OCCCn3ccnc3)ccc21. The molecule has 1 atom stereocenters. The van der Waals surface area contributed by atoms with Gasteiger partial charge in [-0.1, -0.05) is 6.92 Å². The monoisotopic (exact) mass is 287 g/mol. The Bertz CT molecular complexity index is 569. The van der Waals surface area contributed by atoms with Crippen molar-refractivity contribution in [1.82, 2.24) is 14.9 Å². The van der Waals surface area contributed by atoms with E-state index in [1.807, 2.05) is 24.7 Å². The van der Waals surface area contributed by atoms with E-state index in [2.05, 4.69) is 27.9 Å². The molecule has 0 amide bonds. The van der Waals surface area contributed by atoms with Crippen molar-refractivity contribution in [3.63, 3.8) is 0 Å². The summed E-state index contributed by atoms with van der Waals surface area (Å²) < 4.78 is 13.6. The first-order valence-corrected chi connectivity index (χ1v) is 7.45. The average molecular weight is 287 g/mol. The van der Waals surface area contributed by atoms with Crippen LogP contribution in [0.15, 0.2) is 36.9 Å². The van der Waals surface area contributed by atoms with Gasteiger partial charge in [-0.25, -0.2) is 4.98 Å². The highest BCUT2D eigenvalue weighted by atomic mass is 16.5. The zero-order valence-electron chi connectivity index (χ0n) is 12.3. The summed E-state index contributed by atoms with van der Waals surface area (Å²) in [7, 11) is 0. The second kappa shape index (κ2) is 6.63. The molecular formula is C16H21N3O2. The minimum Gasteiger partial charge on any atom is -0.493 e. The number of nitrogens with zero attached hydrogens (tertiary/aromatic N) is 2. The maximum Gasteiger partial charge on any atom is 0.127 e. The third-order valence-corrected chi connectivity index (χ3v) is 3.61. The maximum atomic E-state index is 5.79. The topological polar surface area (TPSA) is 48.3 Å². The molecule has 21 heavy (non-hydrogen) atoms. The van der Waals surface area contributed by atoms with Gasteiger partial charge in [0.2, 0.25) is 0 Å². The molecule has 0 fully saturated rings. The molecule has 5 nitrogen and oxygen atoms in total. The van der Waals surface area contributed by atoms with E-state index in [4.69, 9.17) is 9.47 Å². The first kappa shape index (κ1) is 13.9. The molecule has 0 saturated heterocycles. The lowest BCUT2D eigenvalue weighted by atomic mass is 10.1. The summed E-state index contributed by atoms with van der Waals surface area (Å²) in [6, 6.07) is 6.42. The molecule has 0 bridgehead atoms. The van der Waals surface area contributed by atoms with Gasteiger partial charge < -0.3 is 19.4 Å². The van der Waals surface area contributed by atoms with Gasteiger partial charge in [-0.05, 0) is 25.1 Å². The van der Waals surface area contributed by atoms with Crippen molar-refractivity contribution in [2.45, 2.75) is 25.9 Å². The number of hydrogen-bond donors (Lipinski definition) is 1. The highest BCUT2D eigenvalue weighted by molar-refractivity contribution is 5.45. The number of benzene rings is 1. The number of fused-ring (bicyclic) bond motifs is 1. The van der Waals surface area contributed by atoms with E-state index in [0.29, 0.717) is 19.3 Å². The van der Waals surface area contributed by atoms with E-state index >= 15 is 0 Å². The first-order valence-electron chi connectivity index (χ1n) is 7.45. The number of hydrogen-bond acceptors (Lipinski definition) is 4. The van der Waals surface area contributed by atoms with Crippen LogP contribution in [0.3, 0.4) is 0 Å². The van der Waals surface area contributed by atoms with Crippen LogP contribution in [0.5, 0.6) is 11.5 Å². The largest absolute Gasteiger partial charge is 0.493 e. The lowest BCUT2D eigenvalue weighted by molar-refractivity contribution is 0.295. The molecule has 1 aromatic heterocycles. The fourth-order valence-electron chi connectivity index (χ4n) is 2.55. The van der Waals surface area contributed by atoms with Crippen molar-refractivity contribution < 1.29 is 9.47 Å². The Morgan fingerprint density at radius 2 is 2.43 bits per heavy atom. The normalized spacial score (nSPS) is 16.5. The number of likely N-dealkylation sites (N-methyl/N-ethyl adjacent to an activating group) is 1. The Balaban J connectivity index is 1.51. The van der Waals surface area contributed by atoms with Gasteiger partial charge in [0.1, 0.15) is 18.1 Å². The Hall–Kier alpha value is -2.01. The Labute approximate surface area is 124 Å². The standard InChI is InChI=1S/C16H21N3O2/c1-2-18-15-11-21-16-10-13(4-5-14(15)16)20-9-3-7-19-8-6-17-12-19/h4-6,8,10,12,15,18H,2-3,7,9,11H2,1H3. The maximum absolute atomic E-state index is 5.79. The van der Waals surface area contributed by atoms with Gasteiger partial charge in [0, 0.05) is 30.6 Å². The van der Waals surface area contributed by atoms with E-state index < -0.39 is 0 Å². The fraction of sp³-hybridized carbons (Fsp3) is 0.438. The van der Waals surface area contributed by atoms with E-state index in [-0.39, 0.29) is 0 Å². The second-order valence-corrected chi connectivity index (χ2v) is 5.12. The van der Waals surface area contributed by atoms with E-state index in [1.54, 1.807) is 6.20 Å². The third kappa shape index (κ3) is 3.36. The van der Waals surface area contributed by atoms with Gasteiger partial charge in [0.05, 0.1) is 19.0 Å². The van der Waals surface area contributed by atoms with Crippen LogP contribution in [0.1, 0.15) is 24.9 Å². The van der Waals surface area contributed by atoms with Crippen LogP contribution in [-0.4, -0.2) is 29.3 Å². The van der Waals surface area contributed by atoms with Gasteiger partial charge >= 0.3 is 0 Å². The summed E-state index contributed by atoms with van der Waals surface area (Å²) in [6.07, 6.45) is 6.53. The van der Waals surface area contributed by atoms with Crippen molar-refractivity contribution in [1.29, 1.82) is 0 Å². The Kier molecular flexibility index (Phi) is 4.40. The molecule has 0 spiro atoms. The smallest absolute Gasteiger partial charge is 0.127 e. The predicted molar refractivity (Wildman–Crippen MR) is 80.7 cm³/mol. The number of imidazole rings is 1. The van der Waals surface area contributed by atoms with E-state index in [1.165, 1.54) is 5.56 Å². The third-order valence-electron chi connectivity index (χ3n) is 3.61. The Morgan fingerprint density at radius 1 is 1.48 bits per heavy atom. The summed E-state index contributed by atoms with van der Waals surface area (Å²) >= 11 is 0. The summed E-state index contributed by atoms with van der Waals surface area (Å²) in [4.78, 5) is 4.02. The van der Waals surface area contributed by atoms with Crippen LogP contribution in [0.2, 0.25) is 0 Å². The fourth-order valence-corrected chi connectivity index (χ4v) is 2.55. The molecule has 1 aromatic carbocycles. The predicted octanol–water partition coefficient (Wildman–Crippen LogP) is 2.40. The van der Waals surface area contributed by atoms with E-state index in [9.17, 15) is 0 Å². The zero-order valence-corrected chi connectivity index (χ0v) is 12.3. The number of aromatic nitrogens is 2. The van der Waals surface area contributed by atoms with Crippen LogP contribution in [-0.2, 0) is 6.54 Å². The van der Waals surface area contributed by atoms with Crippen LogP contribution in [0.4, 0.5) is 0 Å².